The van der Waals surface area contributed by atoms with Crippen molar-refractivity contribution >= 4 is 5.91 Å². The number of likely N-dealkylation sites (tertiary alicyclic amines) is 2. The highest BCUT2D eigenvalue weighted by Gasteiger charge is 2.42. The average Bonchev–Trinajstić information content (AvgIpc) is 3.33. The second-order valence-corrected chi connectivity index (χ2v) is 7.95. The van der Waals surface area contributed by atoms with Crippen molar-refractivity contribution in [1.82, 2.24) is 20.1 Å². The maximum atomic E-state index is 12.2. The molecule has 26 heavy (non-hydrogen) atoms. The van der Waals surface area contributed by atoms with Gasteiger partial charge in [0, 0.05) is 51.0 Å². The Morgan fingerprint density at radius 2 is 2.15 bits per heavy atom. The molecule has 4 heterocycles. The first-order chi connectivity index (χ1) is 12.8. The molecule has 0 saturated carbocycles. The molecule has 0 radical (unpaired) electrons. The maximum absolute atomic E-state index is 12.2. The summed E-state index contributed by atoms with van der Waals surface area (Å²) in [5.74, 6) is 0.704. The third kappa shape index (κ3) is 4.61. The topological polar surface area (TPSA) is 57.7 Å². The minimum Gasteiger partial charge on any atom is -0.373 e. The summed E-state index contributed by atoms with van der Waals surface area (Å²) in [6.07, 6.45) is 8.24. The van der Waals surface area contributed by atoms with Crippen LogP contribution in [0.25, 0.3) is 0 Å². The van der Waals surface area contributed by atoms with E-state index in [1.807, 2.05) is 18.5 Å². The minimum atomic E-state index is 0.0947. The van der Waals surface area contributed by atoms with Crippen molar-refractivity contribution in [3.05, 3.63) is 30.1 Å². The van der Waals surface area contributed by atoms with Gasteiger partial charge < -0.3 is 15.0 Å². The van der Waals surface area contributed by atoms with Crippen LogP contribution in [0.4, 0.5) is 0 Å². The van der Waals surface area contributed by atoms with Crippen molar-refractivity contribution < 1.29 is 9.53 Å². The summed E-state index contributed by atoms with van der Waals surface area (Å²) in [6.45, 7) is 7.06. The van der Waals surface area contributed by atoms with E-state index in [1.165, 1.54) is 31.5 Å². The number of aromatic nitrogens is 1. The molecule has 1 N–H and O–H groups in total. The number of amides is 1. The standard InChI is InChI=1S/C20H30N4O2/c25-20(22-6-9-23-7-1-2-8-23)11-18-10-17-14-24(15-19(17)26-18)13-16-4-3-5-21-12-16/h3-5,12,17-19H,1-2,6-11,13-15H2,(H,22,25)/t17-,18-,19+/m0/s1. The van der Waals surface area contributed by atoms with E-state index in [4.69, 9.17) is 4.74 Å². The molecule has 3 atom stereocenters. The molecule has 0 bridgehead atoms. The lowest BCUT2D eigenvalue weighted by molar-refractivity contribution is -0.123. The Morgan fingerprint density at radius 3 is 2.92 bits per heavy atom. The van der Waals surface area contributed by atoms with Crippen molar-refractivity contribution in [2.24, 2.45) is 5.92 Å². The summed E-state index contributed by atoms with van der Waals surface area (Å²) in [7, 11) is 0. The number of fused-ring (bicyclic) bond motifs is 1. The van der Waals surface area contributed by atoms with Crippen molar-refractivity contribution in [2.45, 2.75) is 44.4 Å². The Labute approximate surface area is 155 Å². The van der Waals surface area contributed by atoms with Gasteiger partial charge in [0.25, 0.3) is 0 Å². The highest BCUT2D eigenvalue weighted by molar-refractivity contribution is 5.76. The smallest absolute Gasteiger partial charge is 0.222 e. The van der Waals surface area contributed by atoms with Crippen LogP contribution in [0.2, 0.25) is 0 Å². The lowest BCUT2D eigenvalue weighted by Crippen LogP contribution is -2.35. The van der Waals surface area contributed by atoms with E-state index in [0.29, 0.717) is 12.3 Å². The van der Waals surface area contributed by atoms with Crippen LogP contribution in [-0.2, 0) is 16.1 Å². The molecule has 3 saturated heterocycles. The normalized spacial score (nSPS) is 29.2. The fourth-order valence-electron chi connectivity index (χ4n) is 4.60. The molecule has 0 spiro atoms. The number of nitrogens with zero attached hydrogens (tertiary/aromatic N) is 3. The SMILES string of the molecule is O=C(C[C@@H]1C[C@H]2CN(Cc3cccnc3)C[C@H]2O1)NCCN1CCCC1. The molecule has 3 fully saturated rings. The lowest BCUT2D eigenvalue weighted by atomic mass is 10.0. The second-order valence-electron chi connectivity index (χ2n) is 7.95. The number of carbonyl (C=O) groups excluding carboxylic acids is 1. The Balaban J connectivity index is 1.14. The van der Waals surface area contributed by atoms with Crippen molar-refractivity contribution in [2.75, 3.05) is 39.3 Å². The number of hydrogen-bond donors (Lipinski definition) is 1. The van der Waals surface area contributed by atoms with Crippen LogP contribution < -0.4 is 5.32 Å². The fourth-order valence-corrected chi connectivity index (χ4v) is 4.60. The van der Waals surface area contributed by atoms with Gasteiger partial charge in [-0.05, 0) is 44.0 Å². The Hall–Kier alpha value is -1.50. The highest BCUT2D eigenvalue weighted by Crippen LogP contribution is 2.34. The lowest BCUT2D eigenvalue weighted by Gasteiger charge is -2.19. The quantitative estimate of drug-likeness (QED) is 0.796. The molecule has 4 rings (SSSR count). The van der Waals surface area contributed by atoms with Crippen LogP contribution in [0.5, 0.6) is 0 Å². The molecule has 0 aliphatic carbocycles. The van der Waals surface area contributed by atoms with E-state index in [2.05, 4.69) is 26.2 Å². The zero-order valence-electron chi connectivity index (χ0n) is 15.5. The van der Waals surface area contributed by atoms with E-state index in [-0.39, 0.29) is 18.1 Å². The largest absolute Gasteiger partial charge is 0.373 e. The maximum Gasteiger partial charge on any atom is 0.222 e. The first-order valence-corrected chi connectivity index (χ1v) is 10.0. The van der Waals surface area contributed by atoms with E-state index in [1.54, 1.807) is 0 Å². The molecule has 3 aliphatic rings. The second kappa shape index (κ2) is 8.46. The number of carbonyl (C=O) groups is 1. The third-order valence-corrected chi connectivity index (χ3v) is 5.88. The van der Waals surface area contributed by atoms with Gasteiger partial charge in [0.2, 0.25) is 5.91 Å². The van der Waals surface area contributed by atoms with Crippen LogP contribution in [0.3, 0.4) is 0 Å². The number of hydrogen-bond acceptors (Lipinski definition) is 5. The Kier molecular flexibility index (Phi) is 5.82. The summed E-state index contributed by atoms with van der Waals surface area (Å²) in [6, 6.07) is 4.11. The molecule has 3 aliphatic heterocycles. The molecule has 1 aromatic rings. The molecule has 142 valence electrons. The van der Waals surface area contributed by atoms with Crippen LogP contribution in [0, 0.1) is 5.92 Å². The van der Waals surface area contributed by atoms with Gasteiger partial charge in [-0.2, -0.15) is 0 Å². The zero-order valence-corrected chi connectivity index (χ0v) is 15.5. The summed E-state index contributed by atoms with van der Waals surface area (Å²) < 4.78 is 6.18. The monoisotopic (exact) mass is 358 g/mol. The minimum absolute atomic E-state index is 0.0947. The first-order valence-electron chi connectivity index (χ1n) is 10.0. The van der Waals surface area contributed by atoms with Gasteiger partial charge in [-0.15, -0.1) is 0 Å². The van der Waals surface area contributed by atoms with Gasteiger partial charge in [0.1, 0.15) is 0 Å². The van der Waals surface area contributed by atoms with Crippen LogP contribution >= 0.6 is 0 Å². The molecule has 0 unspecified atom stereocenters. The molecule has 1 amide bonds. The van der Waals surface area contributed by atoms with Crippen molar-refractivity contribution in [3.8, 4) is 0 Å². The summed E-state index contributed by atoms with van der Waals surface area (Å²) in [4.78, 5) is 21.2. The van der Waals surface area contributed by atoms with Gasteiger partial charge in [0.05, 0.1) is 18.6 Å². The zero-order chi connectivity index (χ0) is 17.8. The van der Waals surface area contributed by atoms with Crippen LogP contribution in [-0.4, -0.2) is 72.2 Å². The van der Waals surface area contributed by atoms with E-state index < -0.39 is 0 Å². The van der Waals surface area contributed by atoms with E-state index in [0.717, 1.165) is 39.1 Å². The van der Waals surface area contributed by atoms with Crippen molar-refractivity contribution in [1.29, 1.82) is 0 Å². The van der Waals surface area contributed by atoms with Crippen LogP contribution in [0.15, 0.2) is 24.5 Å². The molecule has 6 nitrogen and oxygen atoms in total. The van der Waals surface area contributed by atoms with Gasteiger partial charge in [0.15, 0.2) is 0 Å². The Bertz CT molecular complexity index is 577. The fraction of sp³-hybridized carbons (Fsp3) is 0.700. The number of rotatable bonds is 7. The van der Waals surface area contributed by atoms with E-state index >= 15 is 0 Å². The van der Waals surface area contributed by atoms with Gasteiger partial charge in [-0.1, -0.05) is 6.07 Å². The third-order valence-electron chi connectivity index (χ3n) is 5.88. The Morgan fingerprint density at radius 1 is 1.27 bits per heavy atom. The van der Waals surface area contributed by atoms with Crippen LogP contribution in [0.1, 0.15) is 31.2 Å². The molecule has 1 aromatic heterocycles. The van der Waals surface area contributed by atoms with Gasteiger partial charge in [-0.25, -0.2) is 0 Å². The predicted molar refractivity (Wildman–Crippen MR) is 99.6 cm³/mol. The van der Waals surface area contributed by atoms with Gasteiger partial charge >= 0.3 is 0 Å². The predicted octanol–water partition coefficient (Wildman–Crippen LogP) is 1.27. The number of nitrogens with one attached hydrogen (secondary N) is 1. The summed E-state index contributed by atoms with van der Waals surface area (Å²) in [5, 5.41) is 3.07. The number of ether oxygens (including phenoxy) is 1. The molecule has 0 aromatic carbocycles. The van der Waals surface area contributed by atoms with Crippen molar-refractivity contribution in [3.63, 3.8) is 0 Å². The summed E-state index contributed by atoms with van der Waals surface area (Å²) in [5.41, 5.74) is 1.25. The summed E-state index contributed by atoms with van der Waals surface area (Å²) >= 11 is 0. The highest BCUT2D eigenvalue weighted by atomic mass is 16.5. The first kappa shape index (κ1) is 17.9. The molecular formula is C20H30N4O2. The number of pyridine rings is 1. The average molecular weight is 358 g/mol. The van der Waals surface area contributed by atoms with E-state index in [9.17, 15) is 4.79 Å². The van der Waals surface area contributed by atoms with Gasteiger partial charge in [-0.3, -0.25) is 14.7 Å². The molecule has 6 heteroatoms. The molecular weight excluding hydrogens is 328 g/mol.